The van der Waals surface area contributed by atoms with Crippen LogP contribution in [0, 0.1) is 4.84 Å². The molecular weight excluding hydrogens is 410 g/mol. The molecule has 1 heterocycles. The molecule has 3 aromatic rings. The Balaban J connectivity index is 1.80. The highest BCUT2D eigenvalue weighted by molar-refractivity contribution is 7.71. The van der Waals surface area contributed by atoms with Crippen LogP contribution in [0.5, 0.6) is 0 Å². The van der Waals surface area contributed by atoms with E-state index in [4.69, 9.17) is 39.8 Å². The molecule has 0 amide bonds. The van der Waals surface area contributed by atoms with Crippen molar-refractivity contribution in [2.75, 3.05) is 5.32 Å². The third-order valence-corrected chi connectivity index (χ3v) is 4.23. The number of nitrogens with one attached hydrogen (secondary N) is 1. The van der Waals surface area contributed by atoms with Crippen molar-refractivity contribution < 1.29 is 17.6 Å². The number of benzene rings is 2. The van der Waals surface area contributed by atoms with Crippen molar-refractivity contribution in [2.45, 2.75) is 12.8 Å². The number of aromatic nitrogens is 2. The van der Waals surface area contributed by atoms with Crippen molar-refractivity contribution in [2.24, 2.45) is 0 Å². The van der Waals surface area contributed by atoms with Crippen LogP contribution in [0.1, 0.15) is 5.56 Å². The van der Waals surface area contributed by atoms with E-state index in [1.54, 1.807) is 12.1 Å². The molecule has 3 rings (SSSR count). The van der Waals surface area contributed by atoms with Crippen LogP contribution < -0.4 is 5.32 Å². The van der Waals surface area contributed by atoms with E-state index >= 15 is 0 Å². The van der Waals surface area contributed by atoms with Gasteiger partial charge in [0.15, 0.2) is 0 Å². The molecule has 0 aliphatic heterocycles. The van der Waals surface area contributed by atoms with Gasteiger partial charge in [-0.25, -0.2) is 4.68 Å². The largest absolute Gasteiger partial charge is 0.416 e. The van der Waals surface area contributed by atoms with Gasteiger partial charge in [-0.2, -0.15) is 13.2 Å². The lowest BCUT2D eigenvalue weighted by Crippen LogP contribution is -2.11. The van der Waals surface area contributed by atoms with E-state index < -0.39 is 11.7 Å². The van der Waals surface area contributed by atoms with E-state index in [-0.39, 0.29) is 23.1 Å². The lowest BCUT2D eigenvalue weighted by molar-refractivity contribution is -0.137. The molecule has 0 aliphatic rings. The van der Waals surface area contributed by atoms with Gasteiger partial charge in [0.1, 0.15) is 6.67 Å². The second-order valence-electron chi connectivity index (χ2n) is 5.21. The Morgan fingerprint density at radius 2 is 1.92 bits per heavy atom. The van der Waals surface area contributed by atoms with Gasteiger partial charge in [-0.15, -0.1) is 5.10 Å². The van der Waals surface area contributed by atoms with Gasteiger partial charge in [0, 0.05) is 10.7 Å². The maximum Gasteiger partial charge on any atom is 0.416 e. The summed E-state index contributed by atoms with van der Waals surface area (Å²) in [6.45, 7) is 0.0227. The number of hydrogen-bond donors (Lipinski definition) is 1. The van der Waals surface area contributed by atoms with Crippen LogP contribution >= 0.6 is 35.4 Å². The molecule has 0 aliphatic carbocycles. The van der Waals surface area contributed by atoms with Crippen molar-refractivity contribution in [3.63, 3.8) is 0 Å². The molecule has 10 heteroatoms. The Kier molecular flexibility index (Phi) is 5.27. The van der Waals surface area contributed by atoms with Crippen LogP contribution in [0.4, 0.5) is 18.9 Å². The van der Waals surface area contributed by atoms with E-state index in [0.29, 0.717) is 15.6 Å². The molecule has 1 aromatic heterocycles. The van der Waals surface area contributed by atoms with E-state index in [9.17, 15) is 13.2 Å². The molecule has 2 aromatic carbocycles. The standard InChI is InChI=1S/C16H10Cl2F3N3OS/c17-10-4-5-12(13(18)7-10)14-23-24(15(26)25-14)8-22-11-3-1-2-9(6-11)16(19,20)21/h1-7,22H,8H2. The average molecular weight is 420 g/mol. The summed E-state index contributed by atoms with van der Waals surface area (Å²) < 4.78 is 45.0. The van der Waals surface area contributed by atoms with Gasteiger partial charge in [0.2, 0.25) is 5.89 Å². The minimum Gasteiger partial charge on any atom is -0.409 e. The number of hydrogen-bond acceptors (Lipinski definition) is 4. The van der Waals surface area contributed by atoms with Gasteiger partial charge >= 0.3 is 6.18 Å². The van der Waals surface area contributed by atoms with Crippen molar-refractivity contribution >= 4 is 41.1 Å². The summed E-state index contributed by atoms with van der Waals surface area (Å²) in [6.07, 6.45) is -4.42. The van der Waals surface area contributed by atoms with Crippen molar-refractivity contribution in [3.05, 3.63) is 62.9 Å². The average Bonchev–Trinajstić information content (AvgIpc) is 2.93. The Bertz CT molecular complexity index is 1000. The van der Waals surface area contributed by atoms with E-state index in [2.05, 4.69) is 10.4 Å². The number of anilines is 1. The van der Waals surface area contributed by atoms with Gasteiger partial charge in [0.05, 0.1) is 16.1 Å². The van der Waals surface area contributed by atoms with Crippen molar-refractivity contribution in [3.8, 4) is 11.5 Å². The SMILES string of the molecule is FC(F)(F)c1cccc(NCn2nc(-c3ccc(Cl)cc3Cl)oc2=S)c1. The molecule has 0 bridgehead atoms. The number of nitrogens with zero attached hydrogens (tertiary/aromatic N) is 2. The highest BCUT2D eigenvalue weighted by Gasteiger charge is 2.30. The van der Waals surface area contributed by atoms with Gasteiger partial charge in [-0.1, -0.05) is 29.3 Å². The fraction of sp³-hybridized carbons (Fsp3) is 0.125. The monoisotopic (exact) mass is 419 g/mol. The quantitative estimate of drug-likeness (QED) is 0.506. The van der Waals surface area contributed by atoms with Crippen LogP contribution in [-0.2, 0) is 12.8 Å². The molecule has 0 atom stereocenters. The van der Waals surface area contributed by atoms with Gasteiger partial charge < -0.3 is 9.73 Å². The molecule has 26 heavy (non-hydrogen) atoms. The Morgan fingerprint density at radius 1 is 1.15 bits per heavy atom. The summed E-state index contributed by atoms with van der Waals surface area (Å²) in [7, 11) is 0. The molecule has 0 saturated carbocycles. The summed E-state index contributed by atoms with van der Waals surface area (Å²) in [6, 6.07) is 9.62. The molecule has 0 radical (unpaired) electrons. The smallest absolute Gasteiger partial charge is 0.409 e. The first kappa shape index (κ1) is 18.8. The molecule has 1 N–H and O–H groups in total. The third-order valence-electron chi connectivity index (χ3n) is 3.39. The zero-order valence-corrected chi connectivity index (χ0v) is 15.2. The second kappa shape index (κ2) is 7.30. The minimum atomic E-state index is -4.42. The number of halogens is 5. The van der Waals surface area contributed by atoms with Crippen LogP contribution in [-0.4, -0.2) is 9.78 Å². The lowest BCUT2D eigenvalue weighted by Gasteiger charge is -2.10. The topological polar surface area (TPSA) is 43.0 Å². The second-order valence-corrected chi connectivity index (χ2v) is 6.40. The Labute approximate surface area is 161 Å². The summed E-state index contributed by atoms with van der Waals surface area (Å²) in [5, 5.41) is 7.81. The molecular formula is C16H10Cl2F3N3OS. The first-order valence-electron chi connectivity index (χ1n) is 7.18. The molecule has 0 fully saturated rings. The predicted molar refractivity (Wildman–Crippen MR) is 95.8 cm³/mol. The first-order chi connectivity index (χ1) is 12.2. The van der Waals surface area contributed by atoms with Gasteiger partial charge in [-0.3, -0.25) is 0 Å². The summed E-state index contributed by atoms with van der Waals surface area (Å²) in [4.78, 5) is 0.0468. The lowest BCUT2D eigenvalue weighted by atomic mass is 10.2. The van der Waals surface area contributed by atoms with Crippen molar-refractivity contribution in [1.29, 1.82) is 0 Å². The normalized spacial score (nSPS) is 11.6. The fourth-order valence-electron chi connectivity index (χ4n) is 2.15. The van der Waals surface area contributed by atoms with Crippen molar-refractivity contribution in [1.82, 2.24) is 9.78 Å². The van der Waals surface area contributed by atoms with Crippen LogP contribution in [0.25, 0.3) is 11.5 Å². The van der Waals surface area contributed by atoms with Crippen LogP contribution in [0.3, 0.4) is 0 Å². The number of alkyl halides is 3. The van der Waals surface area contributed by atoms with Crippen LogP contribution in [0.2, 0.25) is 10.0 Å². The predicted octanol–water partition coefficient (Wildman–Crippen LogP) is 6.27. The highest BCUT2D eigenvalue weighted by Crippen LogP contribution is 2.31. The van der Waals surface area contributed by atoms with Gasteiger partial charge in [-0.05, 0) is 48.6 Å². The Hall–Kier alpha value is -2.03. The van der Waals surface area contributed by atoms with E-state index in [1.807, 2.05) is 0 Å². The van der Waals surface area contributed by atoms with E-state index in [0.717, 1.165) is 12.1 Å². The molecule has 0 unspecified atom stereocenters. The number of rotatable bonds is 4. The molecule has 0 spiro atoms. The summed E-state index contributed by atoms with van der Waals surface area (Å²) in [5.74, 6) is 0.183. The molecule has 0 saturated heterocycles. The first-order valence-corrected chi connectivity index (χ1v) is 8.35. The summed E-state index contributed by atoms with van der Waals surface area (Å²) >= 11 is 17.0. The molecule has 4 nitrogen and oxygen atoms in total. The zero-order valence-electron chi connectivity index (χ0n) is 12.8. The fourth-order valence-corrected chi connectivity index (χ4v) is 2.82. The van der Waals surface area contributed by atoms with Gasteiger partial charge in [0.25, 0.3) is 4.84 Å². The maximum absolute atomic E-state index is 12.8. The Morgan fingerprint density at radius 3 is 2.62 bits per heavy atom. The highest BCUT2D eigenvalue weighted by atomic mass is 35.5. The zero-order chi connectivity index (χ0) is 18.9. The summed E-state index contributed by atoms with van der Waals surface area (Å²) in [5.41, 5.74) is 0.0238. The maximum atomic E-state index is 12.8. The molecule has 136 valence electrons. The van der Waals surface area contributed by atoms with Crippen LogP contribution in [0.15, 0.2) is 46.9 Å². The minimum absolute atomic E-state index is 0.0227. The third kappa shape index (κ3) is 4.20. The van der Waals surface area contributed by atoms with E-state index in [1.165, 1.54) is 22.9 Å².